The van der Waals surface area contributed by atoms with Gasteiger partial charge in [-0.05, 0) is 19.1 Å². The number of hydrogen-bond donors (Lipinski definition) is 4. The highest BCUT2D eigenvalue weighted by Gasteiger charge is 2.44. The smallest absolute Gasteiger partial charge is 0.229 e. The lowest BCUT2D eigenvalue weighted by Gasteiger charge is -2.39. The van der Waals surface area contributed by atoms with Gasteiger partial charge in [-0.25, -0.2) is 0 Å². The van der Waals surface area contributed by atoms with Gasteiger partial charge in [0, 0.05) is 0 Å². The lowest BCUT2D eigenvalue weighted by Crippen LogP contribution is -2.60. The fourth-order valence-corrected chi connectivity index (χ4v) is 2.15. The zero-order chi connectivity index (χ0) is 15.6. The summed E-state index contributed by atoms with van der Waals surface area (Å²) in [6.45, 7) is 0.828. The number of aliphatic hydroxyl groups excluding tert-OH is 4. The van der Waals surface area contributed by atoms with E-state index in [1.54, 1.807) is 18.2 Å². The molecule has 0 radical (unpaired) electrons. The summed E-state index contributed by atoms with van der Waals surface area (Å²) in [6, 6.07) is 6.39. The molecule has 7 nitrogen and oxygen atoms in total. The first-order valence-corrected chi connectivity index (χ1v) is 6.53. The number of carbonyl (C=O) groups excluding carboxylic acids is 1. The fourth-order valence-electron chi connectivity index (χ4n) is 2.15. The first-order valence-electron chi connectivity index (χ1n) is 6.53. The lowest BCUT2D eigenvalue weighted by molar-refractivity contribution is -0.277. The van der Waals surface area contributed by atoms with E-state index in [0.29, 0.717) is 5.56 Å². The van der Waals surface area contributed by atoms with Gasteiger partial charge in [-0.3, -0.25) is 4.79 Å². The van der Waals surface area contributed by atoms with Crippen LogP contribution in [0.5, 0.6) is 5.75 Å². The van der Waals surface area contributed by atoms with Crippen molar-refractivity contribution in [1.82, 2.24) is 0 Å². The molecule has 0 bridgehead atoms. The van der Waals surface area contributed by atoms with Crippen LogP contribution in [0.3, 0.4) is 0 Å². The Labute approximate surface area is 121 Å². The van der Waals surface area contributed by atoms with Crippen molar-refractivity contribution in [3.8, 4) is 5.75 Å². The topological polar surface area (TPSA) is 116 Å². The average Bonchev–Trinajstić information content (AvgIpc) is 2.48. The molecule has 0 saturated carbocycles. The summed E-state index contributed by atoms with van der Waals surface area (Å²) in [6.07, 6.45) is -6.85. The van der Waals surface area contributed by atoms with Crippen molar-refractivity contribution in [3.63, 3.8) is 0 Å². The Morgan fingerprint density at radius 3 is 2.48 bits per heavy atom. The van der Waals surface area contributed by atoms with E-state index in [2.05, 4.69) is 0 Å². The first-order chi connectivity index (χ1) is 9.95. The van der Waals surface area contributed by atoms with E-state index in [0.717, 1.165) is 0 Å². The van der Waals surface area contributed by atoms with Gasteiger partial charge in [-0.15, -0.1) is 0 Å². The number of Topliss-reactive ketones (excluding diaryl/α,β-unsaturated/α-hetero) is 1. The Morgan fingerprint density at radius 1 is 1.19 bits per heavy atom. The number of rotatable bonds is 4. The second kappa shape index (κ2) is 6.50. The fraction of sp³-hybridized carbons (Fsp3) is 0.500. The molecule has 116 valence electrons. The Morgan fingerprint density at radius 2 is 1.86 bits per heavy atom. The average molecular weight is 298 g/mol. The Bertz CT molecular complexity index is 502. The van der Waals surface area contributed by atoms with Crippen LogP contribution in [-0.4, -0.2) is 63.5 Å². The van der Waals surface area contributed by atoms with E-state index < -0.39 is 37.3 Å². The summed E-state index contributed by atoms with van der Waals surface area (Å²) in [7, 11) is 0. The zero-order valence-corrected chi connectivity index (χ0v) is 11.4. The number of ketones is 1. The molecule has 1 aliphatic rings. The van der Waals surface area contributed by atoms with Gasteiger partial charge < -0.3 is 29.9 Å². The maximum atomic E-state index is 11.5. The van der Waals surface area contributed by atoms with Gasteiger partial charge in [0.15, 0.2) is 5.78 Å². The van der Waals surface area contributed by atoms with Crippen LogP contribution in [0.2, 0.25) is 0 Å². The summed E-state index contributed by atoms with van der Waals surface area (Å²) in [4.78, 5) is 11.5. The van der Waals surface area contributed by atoms with Gasteiger partial charge in [0.1, 0.15) is 30.2 Å². The van der Waals surface area contributed by atoms with Crippen LogP contribution in [0.15, 0.2) is 24.3 Å². The Balaban J connectivity index is 2.20. The summed E-state index contributed by atoms with van der Waals surface area (Å²) in [5, 5.41) is 38.4. The van der Waals surface area contributed by atoms with Crippen molar-refractivity contribution in [2.24, 2.45) is 0 Å². The molecule has 0 aliphatic carbocycles. The van der Waals surface area contributed by atoms with Crippen molar-refractivity contribution in [2.75, 3.05) is 6.61 Å². The molecule has 1 aliphatic heterocycles. The quantitative estimate of drug-likeness (QED) is 0.530. The summed E-state index contributed by atoms with van der Waals surface area (Å²) in [5.41, 5.74) is 0.300. The van der Waals surface area contributed by atoms with Gasteiger partial charge in [0.2, 0.25) is 6.29 Å². The standard InChI is InChI=1S/C14H18O7/c1-7(16)8-4-2-3-5-9(8)20-14-13(19)12(18)11(17)10(6-15)21-14/h2-5,10-15,17-19H,6H2,1H3/t10-,11-,12+,13-,14-/m1/s1. The third kappa shape index (κ3) is 3.22. The van der Waals surface area contributed by atoms with Crippen LogP contribution in [0.4, 0.5) is 0 Å². The van der Waals surface area contributed by atoms with E-state index in [9.17, 15) is 20.1 Å². The highest BCUT2D eigenvalue weighted by Crippen LogP contribution is 2.26. The molecule has 2 rings (SSSR count). The minimum atomic E-state index is -1.52. The second-order valence-corrected chi connectivity index (χ2v) is 4.87. The summed E-state index contributed by atoms with van der Waals surface area (Å²) >= 11 is 0. The molecule has 4 N–H and O–H groups in total. The second-order valence-electron chi connectivity index (χ2n) is 4.87. The van der Waals surface area contributed by atoms with Gasteiger partial charge in [-0.1, -0.05) is 12.1 Å². The number of para-hydroxylation sites is 1. The molecule has 0 aromatic heterocycles. The zero-order valence-electron chi connectivity index (χ0n) is 11.4. The molecule has 7 heteroatoms. The van der Waals surface area contributed by atoms with Gasteiger partial charge in [0.25, 0.3) is 0 Å². The summed E-state index contributed by atoms with van der Waals surface area (Å²) in [5.74, 6) is -0.0375. The monoisotopic (exact) mass is 298 g/mol. The molecule has 0 spiro atoms. The van der Waals surface area contributed by atoms with Crippen molar-refractivity contribution >= 4 is 5.78 Å². The maximum Gasteiger partial charge on any atom is 0.229 e. The molecule has 1 saturated heterocycles. The molecule has 5 atom stereocenters. The highest BCUT2D eigenvalue weighted by atomic mass is 16.7. The molecule has 21 heavy (non-hydrogen) atoms. The van der Waals surface area contributed by atoms with Crippen LogP contribution >= 0.6 is 0 Å². The first kappa shape index (κ1) is 15.9. The molecule has 0 unspecified atom stereocenters. The predicted octanol–water partition coefficient (Wildman–Crippen LogP) is -0.932. The largest absolute Gasteiger partial charge is 0.461 e. The third-order valence-electron chi connectivity index (χ3n) is 3.36. The predicted molar refractivity (Wildman–Crippen MR) is 70.8 cm³/mol. The van der Waals surface area contributed by atoms with Crippen LogP contribution in [0.25, 0.3) is 0 Å². The third-order valence-corrected chi connectivity index (χ3v) is 3.36. The highest BCUT2D eigenvalue weighted by molar-refractivity contribution is 5.96. The van der Waals surface area contributed by atoms with E-state index >= 15 is 0 Å². The molecular formula is C14H18O7. The van der Waals surface area contributed by atoms with Crippen molar-refractivity contribution in [3.05, 3.63) is 29.8 Å². The minimum absolute atomic E-state index is 0.189. The van der Waals surface area contributed by atoms with E-state index in [1.807, 2.05) is 0 Å². The number of carbonyl (C=O) groups is 1. The maximum absolute atomic E-state index is 11.5. The van der Waals surface area contributed by atoms with Crippen molar-refractivity contribution < 1.29 is 34.7 Å². The van der Waals surface area contributed by atoms with Crippen molar-refractivity contribution in [2.45, 2.75) is 37.6 Å². The van der Waals surface area contributed by atoms with Gasteiger partial charge in [0.05, 0.1) is 12.2 Å². The van der Waals surface area contributed by atoms with Gasteiger partial charge >= 0.3 is 0 Å². The van der Waals surface area contributed by atoms with Crippen LogP contribution in [0, 0.1) is 0 Å². The molecule has 1 aromatic rings. The number of ether oxygens (including phenoxy) is 2. The van der Waals surface area contributed by atoms with Gasteiger partial charge in [-0.2, -0.15) is 0 Å². The summed E-state index contributed by atoms with van der Waals surface area (Å²) < 4.78 is 10.7. The minimum Gasteiger partial charge on any atom is -0.461 e. The number of benzene rings is 1. The van der Waals surface area contributed by atoms with Crippen LogP contribution in [-0.2, 0) is 4.74 Å². The van der Waals surface area contributed by atoms with E-state index in [1.165, 1.54) is 13.0 Å². The molecular weight excluding hydrogens is 280 g/mol. The lowest BCUT2D eigenvalue weighted by atomic mass is 9.99. The van der Waals surface area contributed by atoms with Crippen LogP contribution in [0.1, 0.15) is 17.3 Å². The SMILES string of the molecule is CC(=O)c1ccccc1O[C@@H]1O[C@H](CO)[C@@H](O)[C@H](O)[C@H]1O. The molecule has 1 aromatic carbocycles. The molecule has 1 heterocycles. The van der Waals surface area contributed by atoms with Crippen molar-refractivity contribution in [1.29, 1.82) is 0 Å². The number of aliphatic hydroxyl groups is 4. The molecule has 1 fully saturated rings. The van der Waals surface area contributed by atoms with E-state index in [4.69, 9.17) is 14.6 Å². The molecule has 0 amide bonds. The van der Waals surface area contributed by atoms with Crippen LogP contribution < -0.4 is 4.74 Å². The Hall–Kier alpha value is -1.51. The Kier molecular flexibility index (Phi) is 4.92. The van der Waals surface area contributed by atoms with E-state index in [-0.39, 0.29) is 11.5 Å². The number of hydrogen-bond acceptors (Lipinski definition) is 7. The normalized spacial score (nSPS) is 32.7.